The molecule has 0 saturated carbocycles. The first-order valence-electron chi connectivity index (χ1n) is 4.13. The van der Waals surface area contributed by atoms with E-state index in [0.717, 1.165) is 0 Å². The van der Waals surface area contributed by atoms with Gasteiger partial charge in [-0.2, -0.15) is 13.2 Å². The van der Waals surface area contributed by atoms with E-state index < -0.39 is 24.2 Å². The lowest BCUT2D eigenvalue weighted by atomic mass is 10.1. The molecule has 2 nitrogen and oxygen atoms in total. The van der Waals surface area contributed by atoms with Gasteiger partial charge < -0.3 is 9.47 Å². The van der Waals surface area contributed by atoms with E-state index in [0.29, 0.717) is 0 Å². The Morgan fingerprint density at radius 3 is 2.15 bits per heavy atom. The van der Waals surface area contributed by atoms with Crippen LogP contribution in [-0.4, -0.2) is 24.2 Å². The third kappa shape index (κ3) is 2.84. The molecule has 1 aliphatic rings. The molecule has 0 unspecified atom stereocenters. The summed E-state index contributed by atoms with van der Waals surface area (Å²) >= 11 is 0. The normalized spacial score (nSPS) is 34.6. The number of hydrogen-bond donors (Lipinski definition) is 0. The Morgan fingerprint density at radius 1 is 1.23 bits per heavy atom. The molecule has 0 aromatic heterocycles. The number of halogens is 3. The second-order valence-corrected chi connectivity index (χ2v) is 3.71. The predicted molar refractivity (Wildman–Crippen MR) is 40.2 cm³/mol. The van der Waals surface area contributed by atoms with Gasteiger partial charge in [0.25, 0.3) is 0 Å². The first kappa shape index (κ1) is 10.8. The molecule has 1 fully saturated rings. The van der Waals surface area contributed by atoms with Crippen molar-refractivity contribution in [1.82, 2.24) is 0 Å². The first-order chi connectivity index (χ1) is 5.71. The van der Waals surface area contributed by atoms with Crippen molar-refractivity contribution >= 4 is 0 Å². The summed E-state index contributed by atoms with van der Waals surface area (Å²) in [5, 5.41) is 0. The molecule has 0 N–H and O–H groups in total. The maximum Gasteiger partial charge on any atom is 0.414 e. The summed E-state index contributed by atoms with van der Waals surface area (Å²) in [7, 11) is 0. The monoisotopic (exact) mass is 198 g/mol. The van der Waals surface area contributed by atoms with E-state index in [1.807, 2.05) is 0 Å². The summed E-state index contributed by atoms with van der Waals surface area (Å²) in [5.74, 6) is -1.14. The third-order valence-electron chi connectivity index (χ3n) is 1.82. The summed E-state index contributed by atoms with van der Waals surface area (Å²) in [4.78, 5) is 0. The van der Waals surface area contributed by atoms with Crippen molar-refractivity contribution < 1.29 is 22.6 Å². The predicted octanol–water partition coefficient (Wildman–Crippen LogP) is 2.48. The van der Waals surface area contributed by atoms with Crippen LogP contribution in [0.2, 0.25) is 0 Å². The maximum atomic E-state index is 12.3. The zero-order chi connectivity index (χ0) is 10.3. The lowest BCUT2D eigenvalue weighted by molar-refractivity contribution is -0.352. The average Bonchev–Trinajstić information content (AvgIpc) is 1.79. The highest BCUT2D eigenvalue weighted by molar-refractivity contribution is 4.78. The summed E-state index contributed by atoms with van der Waals surface area (Å²) in [6.07, 6.45) is -6.55. The van der Waals surface area contributed by atoms with Crippen LogP contribution in [0.3, 0.4) is 0 Å². The zero-order valence-electron chi connectivity index (χ0n) is 7.81. The molecule has 0 aromatic carbocycles. The quantitative estimate of drug-likeness (QED) is 0.595. The Morgan fingerprint density at radius 2 is 1.77 bits per heavy atom. The van der Waals surface area contributed by atoms with Crippen LogP contribution in [-0.2, 0) is 9.47 Å². The molecule has 0 bridgehead atoms. The van der Waals surface area contributed by atoms with Gasteiger partial charge in [-0.05, 0) is 20.8 Å². The van der Waals surface area contributed by atoms with Crippen LogP contribution in [0, 0.1) is 0 Å². The topological polar surface area (TPSA) is 18.5 Å². The van der Waals surface area contributed by atoms with Gasteiger partial charge in [0, 0.05) is 6.42 Å². The van der Waals surface area contributed by atoms with Gasteiger partial charge in [-0.3, -0.25) is 0 Å². The van der Waals surface area contributed by atoms with E-state index in [4.69, 9.17) is 9.47 Å². The highest BCUT2D eigenvalue weighted by atomic mass is 19.4. The highest BCUT2D eigenvalue weighted by Crippen LogP contribution is 2.35. The third-order valence-corrected chi connectivity index (χ3v) is 1.82. The Bertz CT molecular complexity index is 188. The molecular weight excluding hydrogens is 185 g/mol. The van der Waals surface area contributed by atoms with E-state index in [-0.39, 0.29) is 6.42 Å². The van der Waals surface area contributed by atoms with E-state index >= 15 is 0 Å². The maximum absolute atomic E-state index is 12.3. The van der Waals surface area contributed by atoms with E-state index in [1.54, 1.807) is 6.92 Å². The number of ether oxygens (including phenoxy) is 2. The Balaban J connectivity index is 2.69. The van der Waals surface area contributed by atoms with E-state index in [1.165, 1.54) is 13.8 Å². The van der Waals surface area contributed by atoms with Gasteiger partial charge in [0.05, 0.1) is 6.10 Å². The lowest BCUT2D eigenvalue weighted by Crippen LogP contribution is -2.49. The molecule has 0 radical (unpaired) electrons. The first-order valence-corrected chi connectivity index (χ1v) is 4.13. The molecule has 0 aliphatic carbocycles. The number of hydrogen-bond acceptors (Lipinski definition) is 2. The smallest absolute Gasteiger partial charge is 0.347 e. The van der Waals surface area contributed by atoms with Crippen molar-refractivity contribution in [1.29, 1.82) is 0 Å². The van der Waals surface area contributed by atoms with Crippen LogP contribution >= 0.6 is 0 Å². The Hall–Kier alpha value is -0.290. The van der Waals surface area contributed by atoms with Crippen molar-refractivity contribution in [2.45, 2.75) is 51.4 Å². The SMILES string of the molecule is C[C@@H]1C[C@H](C(F)(F)F)OC(C)(C)O1. The molecule has 1 saturated heterocycles. The van der Waals surface area contributed by atoms with Gasteiger partial charge in [-0.15, -0.1) is 0 Å². The molecule has 0 amide bonds. The van der Waals surface area contributed by atoms with Crippen molar-refractivity contribution in [3.05, 3.63) is 0 Å². The standard InChI is InChI=1S/C8H13F3O2/c1-5-4-6(8(9,10)11)13-7(2,3)12-5/h5-6H,4H2,1-3H3/t5-,6-/m1/s1. The zero-order valence-corrected chi connectivity index (χ0v) is 7.81. The van der Waals surface area contributed by atoms with Gasteiger partial charge in [-0.1, -0.05) is 0 Å². The van der Waals surface area contributed by atoms with Crippen LogP contribution in [0.5, 0.6) is 0 Å². The van der Waals surface area contributed by atoms with Crippen molar-refractivity contribution in [3.63, 3.8) is 0 Å². The number of rotatable bonds is 0. The summed E-state index contributed by atoms with van der Waals surface area (Å²) in [5.41, 5.74) is 0. The molecule has 1 heterocycles. The molecule has 78 valence electrons. The largest absolute Gasteiger partial charge is 0.414 e. The Kier molecular flexibility index (Phi) is 2.60. The van der Waals surface area contributed by atoms with Crippen LogP contribution in [0.1, 0.15) is 27.2 Å². The number of alkyl halides is 3. The fraction of sp³-hybridized carbons (Fsp3) is 1.00. The molecule has 0 aromatic rings. The Labute approximate surface area is 75.0 Å². The van der Waals surface area contributed by atoms with Gasteiger partial charge in [0.2, 0.25) is 0 Å². The molecular formula is C8H13F3O2. The molecule has 2 atom stereocenters. The average molecular weight is 198 g/mol. The summed E-state index contributed by atoms with van der Waals surface area (Å²) in [6.45, 7) is 4.59. The van der Waals surface area contributed by atoms with Gasteiger partial charge in [0.15, 0.2) is 11.9 Å². The van der Waals surface area contributed by atoms with Crippen molar-refractivity contribution in [2.75, 3.05) is 0 Å². The minimum atomic E-state index is -4.30. The second kappa shape index (κ2) is 3.13. The van der Waals surface area contributed by atoms with Gasteiger partial charge >= 0.3 is 6.18 Å². The fourth-order valence-electron chi connectivity index (χ4n) is 1.45. The summed E-state index contributed by atoms with van der Waals surface area (Å²) < 4.78 is 46.8. The van der Waals surface area contributed by atoms with Gasteiger partial charge in [0.1, 0.15) is 0 Å². The molecule has 0 spiro atoms. The van der Waals surface area contributed by atoms with Gasteiger partial charge in [-0.25, -0.2) is 0 Å². The minimum absolute atomic E-state index is 0.132. The fourth-order valence-corrected chi connectivity index (χ4v) is 1.45. The van der Waals surface area contributed by atoms with Crippen LogP contribution in [0.15, 0.2) is 0 Å². The lowest BCUT2D eigenvalue weighted by Gasteiger charge is -2.40. The molecule has 1 aliphatic heterocycles. The van der Waals surface area contributed by atoms with Crippen LogP contribution in [0.25, 0.3) is 0 Å². The van der Waals surface area contributed by atoms with Crippen molar-refractivity contribution in [3.8, 4) is 0 Å². The summed E-state index contributed by atoms with van der Waals surface area (Å²) in [6, 6.07) is 0. The van der Waals surface area contributed by atoms with Crippen molar-refractivity contribution in [2.24, 2.45) is 0 Å². The minimum Gasteiger partial charge on any atom is -0.347 e. The van der Waals surface area contributed by atoms with E-state index in [2.05, 4.69) is 0 Å². The molecule has 1 rings (SSSR count). The second-order valence-electron chi connectivity index (χ2n) is 3.71. The van der Waals surface area contributed by atoms with E-state index in [9.17, 15) is 13.2 Å². The molecule has 5 heteroatoms. The van der Waals surface area contributed by atoms with Crippen LogP contribution in [0.4, 0.5) is 13.2 Å². The van der Waals surface area contributed by atoms with Crippen LogP contribution < -0.4 is 0 Å². The molecule has 13 heavy (non-hydrogen) atoms. The highest BCUT2D eigenvalue weighted by Gasteiger charge is 2.48.